The van der Waals surface area contributed by atoms with Crippen LogP contribution in [0.3, 0.4) is 0 Å². The lowest BCUT2D eigenvalue weighted by molar-refractivity contribution is -0.0315. The van der Waals surface area contributed by atoms with Crippen molar-refractivity contribution >= 4 is 10.0 Å². The summed E-state index contributed by atoms with van der Waals surface area (Å²) in [6, 6.07) is 6.46. The summed E-state index contributed by atoms with van der Waals surface area (Å²) in [5, 5.41) is 0. The number of rotatable bonds is 6. The Labute approximate surface area is 148 Å². The molecule has 8 heteroatoms. The molecule has 1 aromatic rings. The fraction of sp³-hybridized carbons (Fsp3) is 0.647. The predicted molar refractivity (Wildman–Crippen MR) is 91.3 cm³/mol. The minimum atomic E-state index is -3.65. The Morgan fingerprint density at radius 3 is 2.72 bits per heavy atom. The Kier molecular flexibility index (Phi) is 5.65. The maximum absolute atomic E-state index is 13.2. The van der Waals surface area contributed by atoms with E-state index in [4.69, 9.17) is 18.9 Å². The van der Waals surface area contributed by atoms with Crippen molar-refractivity contribution in [2.75, 3.05) is 46.7 Å². The van der Waals surface area contributed by atoms with Gasteiger partial charge in [-0.25, -0.2) is 8.42 Å². The van der Waals surface area contributed by atoms with Gasteiger partial charge in [-0.05, 0) is 37.6 Å². The van der Waals surface area contributed by atoms with Crippen molar-refractivity contribution in [3.8, 4) is 5.75 Å². The van der Waals surface area contributed by atoms with E-state index in [1.807, 2.05) is 6.92 Å². The monoisotopic (exact) mass is 371 g/mol. The third kappa shape index (κ3) is 3.68. The van der Waals surface area contributed by atoms with E-state index in [2.05, 4.69) is 0 Å². The van der Waals surface area contributed by atoms with Crippen LogP contribution in [0.25, 0.3) is 0 Å². The van der Waals surface area contributed by atoms with Crippen LogP contribution in [-0.2, 0) is 24.2 Å². The molecule has 0 aliphatic carbocycles. The lowest BCUT2D eigenvalue weighted by Crippen LogP contribution is -2.59. The lowest BCUT2D eigenvalue weighted by atomic mass is 9.96. The highest BCUT2D eigenvalue weighted by Gasteiger charge is 2.51. The average molecular weight is 371 g/mol. The zero-order valence-corrected chi connectivity index (χ0v) is 15.5. The first-order valence-corrected chi connectivity index (χ1v) is 9.90. The number of ether oxygens (including phenoxy) is 4. The second-order valence-electron chi connectivity index (χ2n) is 6.33. The molecule has 2 aliphatic rings. The van der Waals surface area contributed by atoms with Crippen LogP contribution in [0.5, 0.6) is 5.75 Å². The van der Waals surface area contributed by atoms with Crippen LogP contribution >= 0.6 is 0 Å². The van der Waals surface area contributed by atoms with Crippen LogP contribution in [0.4, 0.5) is 0 Å². The summed E-state index contributed by atoms with van der Waals surface area (Å²) in [4.78, 5) is 0.253. The van der Waals surface area contributed by atoms with Crippen LogP contribution in [0.15, 0.2) is 29.2 Å². The minimum absolute atomic E-state index is 0.116. The summed E-state index contributed by atoms with van der Waals surface area (Å²) in [5.41, 5.74) is -0.668. The molecule has 0 bridgehead atoms. The molecule has 2 saturated heterocycles. The van der Waals surface area contributed by atoms with Crippen molar-refractivity contribution < 1.29 is 27.4 Å². The molecule has 0 aromatic heterocycles. The van der Waals surface area contributed by atoms with Gasteiger partial charge in [-0.2, -0.15) is 4.31 Å². The molecule has 0 amide bonds. The summed E-state index contributed by atoms with van der Waals surface area (Å²) < 4.78 is 49.9. The Balaban J connectivity index is 1.85. The SMILES string of the molecule is CCOC[C@@H]1C[C@]2(COCCN2S(=O)(=O)c2ccc(OC)cc2)CO1. The van der Waals surface area contributed by atoms with Crippen LogP contribution in [0.1, 0.15) is 13.3 Å². The van der Waals surface area contributed by atoms with Gasteiger partial charge in [-0.15, -0.1) is 0 Å². The summed E-state index contributed by atoms with van der Waals surface area (Å²) in [6.45, 7) is 4.36. The van der Waals surface area contributed by atoms with Gasteiger partial charge in [0.1, 0.15) is 5.75 Å². The highest BCUT2D eigenvalue weighted by atomic mass is 32.2. The van der Waals surface area contributed by atoms with E-state index in [9.17, 15) is 8.42 Å². The molecule has 0 saturated carbocycles. The van der Waals surface area contributed by atoms with Gasteiger partial charge in [0.25, 0.3) is 0 Å². The molecule has 0 radical (unpaired) electrons. The van der Waals surface area contributed by atoms with E-state index in [1.54, 1.807) is 35.7 Å². The molecule has 25 heavy (non-hydrogen) atoms. The quantitative estimate of drug-likeness (QED) is 0.750. The molecule has 1 spiro atoms. The Morgan fingerprint density at radius 1 is 1.28 bits per heavy atom. The van der Waals surface area contributed by atoms with E-state index in [0.717, 1.165) is 0 Å². The maximum Gasteiger partial charge on any atom is 0.243 e. The fourth-order valence-corrected chi connectivity index (χ4v) is 5.15. The Bertz CT molecular complexity index is 677. The summed E-state index contributed by atoms with van der Waals surface area (Å²) in [7, 11) is -2.10. The summed E-state index contributed by atoms with van der Waals surface area (Å²) in [6.07, 6.45) is 0.456. The molecule has 2 atom stereocenters. The number of hydrogen-bond acceptors (Lipinski definition) is 6. The standard InChI is InChI=1S/C17H25NO6S/c1-3-22-11-15-10-17(13-24-15)12-23-9-8-18(17)25(19,20)16-6-4-14(21-2)5-7-16/h4-7,15H,3,8-13H2,1-2H3/t15-,17-/m0/s1. The zero-order chi connectivity index (χ0) is 17.9. The predicted octanol–water partition coefficient (Wildman–Crippen LogP) is 1.28. The number of morpholine rings is 1. The first kappa shape index (κ1) is 18.6. The minimum Gasteiger partial charge on any atom is -0.497 e. The van der Waals surface area contributed by atoms with E-state index < -0.39 is 15.6 Å². The van der Waals surface area contributed by atoms with Crippen LogP contribution < -0.4 is 4.74 Å². The molecule has 140 valence electrons. The topological polar surface area (TPSA) is 74.3 Å². The highest BCUT2D eigenvalue weighted by Crippen LogP contribution is 2.37. The molecule has 2 aliphatic heterocycles. The first-order valence-electron chi connectivity index (χ1n) is 8.46. The van der Waals surface area contributed by atoms with Gasteiger partial charge >= 0.3 is 0 Å². The fourth-order valence-electron chi connectivity index (χ4n) is 3.41. The smallest absolute Gasteiger partial charge is 0.243 e. The second kappa shape index (κ2) is 7.59. The molecule has 7 nitrogen and oxygen atoms in total. The molecular formula is C17H25NO6S. The largest absolute Gasteiger partial charge is 0.497 e. The van der Waals surface area contributed by atoms with Crippen molar-refractivity contribution in [1.29, 1.82) is 0 Å². The first-order chi connectivity index (χ1) is 12.0. The second-order valence-corrected chi connectivity index (χ2v) is 8.19. The van der Waals surface area contributed by atoms with E-state index in [-0.39, 0.29) is 11.0 Å². The van der Waals surface area contributed by atoms with Gasteiger partial charge in [0, 0.05) is 13.2 Å². The van der Waals surface area contributed by atoms with Crippen LogP contribution in [-0.4, -0.2) is 71.1 Å². The van der Waals surface area contributed by atoms with Gasteiger partial charge in [0.05, 0.1) is 50.1 Å². The van der Waals surface area contributed by atoms with Crippen molar-refractivity contribution in [3.63, 3.8) is 0 Å². The average Bonchev–Trinajstić information content (AvgIpc) is 3.03. The summed E-state index contributed by atoms with van der Waals surface area (Å²) >= 11 is 0. The van der Waals surface area contributed by atoms with Crippen molar-refractivity contribution in [2.24, 2.45) is 0 Å². The third-order valence-corrected chi connectivity index (χ3v) is 6.71. The lowest BCUT2D eigenvalue weighted by Gasteiger charge is -2.42. The van der Waals surface area contributed by atoms with Crippen LogP contribution in [0, 0.1) is 0 Å². The zero-order valence-electron chi connectivity index (χ0n) is 14.6. The molecule has 0 N–H and O–H groups in total. The van der Waals surface area contributed by atoms with E-state index >= 15 is 0 Å². The normalized spacial score (nSPS) is 27.7. The third-order valence-electron chi connectivity index (χ3n) is 4.69. The highest BCUT2D eigenvalue weighted by molar-refractivity contribution is 7.89. The molecular weight excluding hydrogens is 346 g/mol. The van der Waals surface area contributed by atoms with Crippen molar-refractivity contribution in [3.05, 3.63) is 24.3 Å². The molecule has 2 fully saturated rings. The van der Waals surface area contributed by atoms with Gasteiger partial charge < -0.3 is 18.9 Å². The Hall–Kier alpha value is -1.19. The van der Waals surface area contributed by atoms with E-state index in [0.29, 0.717) is 51.7 Å². The molecule has 3 rings (SSSR count). The van der Waals surface area contributed by atoms with Gasteiger partial charge in [-0.3, -0.25) is 0 Å². The number of nitrogens with zero attached hydrogens (tertiary/aromatic N) is 1. The number of sulfonamides is 1. The van der Waals surface area contributed by atoms with Crippen molar-refractivity contribution in [2.45, 2.75) is 29.9 Å². The van der Waals surface area contributed by atoms with Crippen molar-refractivity contribution in [1.82, 2.24) is 4.31 Å². The molecule has 2 heterocycles. The van der Waals surface area contributed by atoms with Crippen LogP contribution in [0.2, 0.25) is 0 Å². The van der Waals surface area contributed by atoms with E-state index in [1.165, 1.54) is 0 Å². The summed E-state index contributed by atoms with van der Waals surface area (Å²) in [5.74, 6) is 0.622. The number of hydrogen-bond donors (Lipinski definition) is 0. The van der Waals surface area contributed by atoms with Gasteiger partial charge in [0.15, 0.2) is 0 Å². The molecule has 0 unspecified atom stereocenters. The number of methoxy groups -OCH3 is 1. The van der Waals surface area contributed by atoms with Gasteiger partial charge in [-0.1, -0.05) is 0 Å². The maximum atomic E-state index is 13.2. The van der Waals surface area contributed by atoms with Gasteiger partial charge in [0.2, 0.25) is 10.0 Å². The molecule has 1 aromatic carbocycles. The Morgan fingerprint density at radius 2 is 2.04 bits per heavy atom. The number of benzene rings is 1.